The highest BCUT2D eigenvalue weighted by molar-refractivity contribution is 7.47. The van der Waals surface area contributed by atoms with E-state index in [2.05, 4.69) is 36.4 Å². The minimum absolute atomic E-state index is 0.00954. The zero-order valence-corrected chi connectivity index (χ0v) is 42.9. The number of aliphatic hydroxyl groups is 1. The molecule has 0 spiro atoms. The van der Waals surface area contributed by atoms with Crippen LogP contribution in [0.1, 0.15) is 59.4 Å². The third-order valence-electron chi connectivity index (χ3n) is 11.2. The zero-order valence-electron chi connectivity index (χ0n) is 41.1. The van der Waals surface area contributed by atoms with Gasteiger partial charge in [0.2, 0.25) is 5.91 Å². The highest BCUT2D eigenvalue weighted by atomic mass is 31.2. The van der Waals surface area contributed by atoms with Gasteiger partial charge < -0.3 is 79.2 Å². The highest BCUT2D eigenvalue weighted by Gasteiger charge is 2.54. The Morgan fingerprint density at radius 2 is 1.51 bits per heavy atom. The van der Waals surface area contributed by atoms with E-state index in [1.165, 1.54) is 18.3 Å². The van der Waals surface area contributed by atoms with Gasteiger partial charge in [0.25, 0.3) is 0 Å². The fraction of sp³-hybridized carbons (Fsp3) is 0.585. The number of nitrogens with one attached hydrogen (secondary N) is 1. The summed E-state index contributed by atoms with van der Waals surface area (Å²) in [4.78, 5) is 135. The summed E-state index contributed by atoms with van der Waals surface area (Å²) in [5, 5.41) is 14.3. The standard InChI is InChI=1S/C41H55N9O25P2/c1-6-7-8-28(55)47-22(12-65-40-35(70-21(5)54)34(69-20(4)53)33(68-19(3)52)25(73-40)13-64-18(2)51)39(57)74-32-26(72-38(31(32)56)50-17-46-30-36(43)44-16-45-37(30)50)15-67-77(62,63)75-23-11-29(49-10-9-27(42)48-41(49)58)71-24(23)14-66-76(59,60)61/h6,9-10,16-17,22-26,29,31-35,38,40,56H,1,7-8,11-15H2,2-5H3,(H,47,55)(H,62,63)(H2,42,48,58)(H2,43,44,45)(H2,59,60,61)/t22-,23-,24+,25+,26+,29+,31+,32+,33-,34-,35+,38+,40+/m0/s1. The Kier molecular flexibility index (Phi) is 20.1. The van der Waals surface area contributed by atoms with Crippen molar-refractivity contribution in [1.29, 1.82) is 0 Å². The summed E-state index contributed by atoms with van der Waals surface area (Å²) in [6.45, 7) is 3.99. The van der Waals surface area contributed by atoms with Gasteiger partial charge in [-0.1, -0.05) is 6.08 Å². The lowest BCUT2D eigenvalue weighted by Crippen LogP contribution is -2.63. The van der Waals surface area contributed by atoms with E-state index in [0.29, 0.717) is 0 Å². The molecule has 3 aromatic heterocycles. The van der Waals surface area contributed by atoms with Crippen LogP contribution in [0.2, 0.25) is 0 Å². The number of anilines is 2. The lowest BCUT2D eigenvalue weighted by molar-refractivity contribution is -0.308. The van der Waals surface area contributed by atoms with Gasteiger partial charge in [-0.15, -0.1) is 6.58 Å². The van der Waals surface area contributed by atoms with Gasteiger partial charge in [0, 0.05) is 46.7 Å². The van der Waals surface area contributed by atoms with Crippen LogP contribution in [0.25, 0.3) is 11.2 Å². The highest BCUT2D eigenvalue weighted by Crippen LogP contribution is 2.50. The van der Waals surface area contributed by atoms with Crippen LogP contribution in [0.5, 0.6) is 0 Å². The number of imidazole rings is 1. The van der Waals surface area contributed by atoms with Crippen molar-refractivity contribution in [2.24, 2.45) is 0 Å². The molecule has 6 heterocycles. The van der Waals surface area contributed by atoms with Gasteiger partial charge in [-0.25, -0.2) is 33.7 Å². The van der Waals surface area contributed by atoms with Gasteiger partial charge in [0.1, 0.15) is 61.0 Å². The molecule has 3 fully saturated rings. The average Bonchev–Trinajstić information content (AvgIpc) is 4.04. The molecule has 0 aliphatic carbocycles. The molecule has 1 unspecified atom stereocenters. The largest absolute Gasteiger partial charge is 0.472 e. The van der Waals surface area contributed by atoms with Crippen LogP contribution in [-0.2, 0) is 94.1 Å². The molecule has 0 radical (unpaired) electrons. The van der Waals surface area contributed by atoms with E-state index in [9.17, 15) is 62.5 Å². The molecular weight excluding hydrogens is 1080 g/mol. The maximum Gasteiger partial charge on any atom is 0.472 e. The summed E-state index contributed by atoms with van der Waals surface area (Å²) in [6.07, 6.45) is -15.9. The Balaban J connectivity index is 1.29. The van der Waals surface area contributed by atoms with Gasteiger partial charge >= 0.3 is 51.2 Å². The first kappa shape index (κ1) is 59.8. The van der Waals surface area contributed by atoms with Crippen LogP contribution in [0.4, 0.5) is 11.6 Å². The third kappa shape index (κ3) is 16.1. The summed E-state index contributed by atoms with van der Waals surface area (Å²) in [6, 6.07) is -0.665. The molecule has 0 bridgehead atoms. The molecule has 3 aliphatic heterocycles. The van der Waals surface area contributed by atoms with Gasteiger partial charge in [0.15, 0.2) is 54.4 Å². The predicted molar refractivity (Wildman–Crippen MR) is 249 cm³/mol. The van der Waals surface area contributed by atoms with E-state index in [1.807, 2.05) is 0 Å². The number of esters is 5. The topological polar surface area (TPSA) is 471 Å². The van der Waals surface area contributed by atoms with Crippen molar-refractivity contribution < 1.29 is 114 Å². The number of carbonyl (C=O) groups excluding carboxylic acids is 6. The van der Waals surface area contributed by atoms with Crippen LogP contribution in [0, 0.1) is 0 Å². The van der Waals surface area contributed by atoms with E-state index in [4.69, 9.17) is 63.1 Å². The van der Waals surface area contributed by atoms with E-state index >= 15 is 0 Å². The van der Waals surface area contributed by atoms with Gasteiger partial charge in [-0.2, -0.15) is 4.98 Å². The summed E-state index contributed by atoms with van der Waals surface area (Å²) in [7, 11) is -10.6. The predicted octanol–water partition coefficient (Wildman–Crippen LogP) is -2.13. The number of ether oxygens (including phenoxy) is 9. The molecule has 3 aromatic rings. The molecule has 1 amide bonds. The van der Waals surface area contributed by atoms with Crippen LogP contribution >= 0.6 is 15.6 Å². The maximum atomic E-state index is 14.4. The van der Waals surface area contributed by atoms with Crippen LogP contribution in [0.15, 0.2) is 42.4 Å². The molecule has 424 valence electrons. The summed E-state index contributed by atoms with van der Waals surface area (Å²) in [5.74, 6) is -6.12. The van der Waals surface area contributed by atoms with Gasteiger partial charge in [-0.05, 0) is 12.5 Å². The Bertz CT molecular complexity index is 2810. The van der Waals surface area contributed by atoms with Gasteiger partial charge in [-0.3, -0.25) is 46.7 Å². The number of hydrogen-bond acceptors (Lipinski definition) is 28. The van der Waals surface area contributed by atoms with Crippen molar-refractivity contribution in [3.8, 4) is 0 Å². The Morgan fingerprint density at radius 1 is 0.844 bits per heavy atom. The number of hydrogen-bond donors (Lipinski definition) is 7. The summed E-state index contributed by atoms with van der Waals surface area (Å²) < 4.78 is 93.6. The molecular formula is C41H55N9O25P2. The minimum Gasteiger partial charge on any atom is -0.463 e. The lowest BCUT2D eigenvalue weighted by atomic mass is 9.98. The number of amides is 1. The van der Waals surface area contributed by atoms with Crippen LogP contribution < -0.4 is 22.5 Å². The number of phosphoric acid groups is 2. The lowest BCUT2D eigenvalue weighted by Gasteiger charge is -2.44. The number of nitrogen functional groups attached to an aromatic ring is 2. The van der Waals surface area contributed by atoms with Crippen molar-refractivity contribution in [1.82, 2.24) is 34.4 Å². The monoisotopic (exact) mass is 1140 g/mol. The second-order valence-electron chi connectivity index (χ2n) is 17.0. The van der Waals surface area contributed by atoms with E-state index in [-0.39, 0.29) is 35.6 Å². The third-order valence-corrected chi connectivity index (χ3v) is 12.7. The van der Waals surface area contributed by atoms with Crippen molar-refractivity contribution in [3.05, 3.63) is 48.1 Å². The van der Waals surface area contributed by atoms with Crippen molar-refractivity contribution in [3.63, 3.8) is 0 Å². The first-order valence-corrected chi connectivity index (χ1v) is 25.9. The Labute approximate surface area is 434 Å². The smallest absolute Gasteiger partial charge is 0.463 e. The van der Waals surface area contributed by atoms with E-state index in [1.54, 1.807) is 0 Å². The zero-order chi connectivity index (χ0) is 56.5. The number of rotatable bonds is 24. The number of allylic oxidation sites excluding steroid dienone is 1. The summed E-state index contributed by atoms with van der Waals surface area (Å²) in [5.41, 5.74) is 10.7. The van der Waals surface area contributed by atoms with Crippen molar-refractivity contribution in [2.75, 3.05) is 37.9 Å². The first-order valence-electron chi connectivity index (χ1n) is 22.9. The number of aliphatic hydroxyl groups excluding tert-OH is 1. The molecule has 77 heavy (non-hydrogen) atoms. The fourth-order valence-corrected chi connectivity index (χ4v) is 9.30. The number of fused-ring (bicyclic) bond motifs is 1. The molecule has 3 saturated heterocycles. The quantitative estimate of drug-likeness (QED) is 0.0218. The molecule has 0 aromatic carbocycles. The number of nitrogens with two attached hydrogens (primary N) is 2. The number of nitrogens with zero attached hydrogens (tertiary/aromatic N) is 6. The van der Waals surface area contributed by atoms with Crippen molar-refractivity contribution >= 4 is 74.2 Å². The Hall–Kier alpha value is -6.39. The summed E-state index contributed by atoms with van der Waals surface area (Å²) >= 11 is 0. The molecule has 6 rings (SSSR count). The second-order valence-corrected chi connectivity index (χ2v) is 19.6. The number of carbonyl (C=O) groups is 6. The van der Waals surface area contributed by atoms with Crippen LogP contribution in [-0.4, -0.2) is 178 Å². The molecule has 36 heteroatoms. The van der Waals surface area contributed by atoms with Crippen molar-refractivity contribution in [2.45, 2.75) is 127 Å². The first-order chi connectivity index (χ1) is 36.2. The SMILES string of the molecule is C=CCCC(=O)N[C@@H](CO[C@@H]1O[C@H](COC(C)=O)[C@H](OC(C)=O)[C@H](OC(C)=O)[C@H]1OC(C)=O)C(=O)O[C@H]1[C@@H](O)[C@H](n2cnc3c(N)ncnc32)O[C@@H]1COP(=O)(O)O[C@H]1C[C@H](n2ccc(N)nc2=O)O[C@@H]1COP(=O)(O)O. The maximum absolute atomic E-state index is 14.4. The molecule has 14 atom stereocenters. The molecule has 3 aliphatic rings. The number of phosphoric ester groups is 2. The normalized spacial score (nSPS) is 27.4. The van der Waals surface area contributed by atoms with Gasteiger partial charge in [0.05, 0.1) is 26.1 Å². The fourth-order valence-electron chi connectivity index (χ4n) is 8.00. The average molecular weight is 1140 g/mol. The van der Waals surface area contributed by atoms with E-state index in [0.717, 1.165) is 49.5 Å². The number of aromatic nitrogens is 6. The second kappa shape index (κ2) is 25.8. The van der Waals surface area contributed by atoms with E-state index < -0.39 is 170 Å². The minimum atomic E-state index is -5.41. The molecule has 0 saturated carbocycles. The molecule has 9 N–H and O–H groups in total. The van der Waals surface area contributed by atoms with Crippen LogP contribution in [0.3, 0.4) is 0 Å². The Morgan fingerprint density at radius 3 is 2.16 bits per heavy atom. The molecule has 34 nitrogen and oxygen atoms in total.